The molecule has 0 bridgehead atoms. The second-order valence-electron chi connectivity index (χ2n) is 2.79. The van der Waals surface area contributed by atoms with Gasteiger partial charge < -0.3 is 5.73 Å². The van der Waals surface area contributed by atoms with Gasteiger partial charge in [-0.2, -0.15) is 5.10 Å². The summed E-state index contributed by atoms with van der Waals surface area (Å²) < 4.78 is 1.70. The van der Waals surface area contributed by atoms with Crippen molar-refractivity contribution in [3.63, 3.8) is 0 Å². The van der Waals surface area contributed by atoms with Gasteiger partial charge in [-0.25, -0.2) is 9.67 Å². The smallest absolute Gasteiger partial charge is 0.159 e. The summed E-state index contributed by atoms with van der Waals surface area (Å²) in [6.45, 7) is 0. The van der Waals surface area contributed by atoms with E-state index in [9.17, 15) is 0 Å². The fourth-order valence-corrected chi connectivity index (χ4v) is 1.24. The number of hydrogen-bond acceptors (Lipinski definition) is 3. The highest BCUT2D eigenvalue weighted by atomic mass is 15.3. The van der Waals surface area contributed by atoms with E-state index >= 15 is 0 Å². The molecule has 4 heteroatoms. The Kier molecular flexibility index (Phi) is 1.73. The second-order valence-corrected chi connectivity index (χ2v) is 2.79. The summed E-state index contributed by atoms with van der Waals surface area (Å²) in [5, 5.41) is 3.98. The van der Waals surface area contributed by atoms with Crippen LogP contribution in [-0.4, -0.2) is 14.8 Å². The van der Waals surface area contributed by atoms with Gasteiger partial charge in [0.15, 0.2) is 5.82 Å². The molecule has 4 nitrogen and oxygen atoms in total. The van der Waals surface area contributed by atoms with Crippen molar-refractivity contribution in [3.05, 3.63) is 30.6 Å². The van der Waals surface area contributed by atoms with Crippen LogP contribution >= 0.6 is 0 Å². The molecule has 0 saturated heterocycles. The summed E-state index contributed by atoms with van der Waals surface area (Å²) in [4.78, 5) is 4.12. The number of hydrogen-bond donors (Lipinski definition) is 1. The first-order valence-electron chi connectivity index (χ1n) is 3.98. The predicted octanol–water partition coefficient (Wildman–Crippen LogP) is 1.06. The summed E-state index contributed by atoms with van der Waals surface area (Å²) in [5.74, 6) is 0.790. The van der Waals surface area contributed by atoms with Gasteiger partial charge in [0, 0.05) is 18.3 Å². The zero-order chi connectivity index (χ0) is 9.26. The molecule has 0 saturated carbocycles. The molecule has 13 heavy (non-hydrogen) atoms. The first kappa shape index (κ1) is 7.79. The van der Waals surface area contributed by atoms with Crippen molar-refractivity contribution >= 4 is 5.69 Å². The molecule has 2 rings (SSSR count). The lowest BCUT2D eigenvalue weighted by Crippen LogP contribution is -1.97. The zero-order valence-electron chi connectivity index (χ0n) is 7.31. The van der Waals surface area contributed by atoms with Crippen LogP contribution in [0.2, 0.25) is 0 Å². The Bertz CT molecular complexity index is 419. The van der Waals surface area contributed by atoms with Gasteiger partial charge in [-0.05, 0) is 12.1 Å². The van der Waals surface area contributed by atoms with E-state index in [1.165, 1.54) is 6.33 Å². The number of nitrogens with two attached hydrogens (primary N) is 1. The molecule has 0 radical (unpaired) electrons. The van der Waals surface area contributed by atoms with E-state index in [0.29, 0.717) is 0 Å². The molecule has 2 N–H and O–H groups in total. The minimum Gasteiger partial charge on any atom is -0.398 e. The van der Waals surface area contributed by atoms with Gasteiger partial charge in [0.1, 0.15) is 6.33 Å². The van der Waals surface area contributed by atoms with Crippen molar-refractivity contribution in [2.45, 2.75) is 0 Å². The van der Waals surface area contributed by atoms with E-state index in [4.69, 9.17) is 5.73 Å². The molecule has 0 aliphatic rings. The van der Waals surface area contributed by atoms with E-state index in [1.807, 2.05) is 31.3 Å². The van der Waals surface area contributed by atoms with Gasteiger partial charge >= 0.3 is 0 Å². The topological polar surface area (TPSA) is 56.7 Å². The number of nitrogen functional groups attached to an aromatic ring is 1. The number of nitrogens with zero attached hydrogens (tertiary/aromatic N) is 3. The lowest BCUT2D eigenvalue weighted by Gasteiger charge is -2.02. The van der Waals surface area contributed by atoms with Crippen molar-refractivity contribution in [2.24, 2.45) is 7.05 Å². The van der Waals surface area contributed by atoms with Crippen LogP contribution in [0, 0.1) is 0 Å². The van der Waals surface area contributed by atoms with Gasteiger partial charge in [0.2, 0.25) is 0 Å². The minimum absolute atomic E-state index is 0.721. The summed E-state index contributed by atoms with van der Waals surface area (Å²) in [6, 6.07) is 7.61. The monoisotopic (exact) mass is 174 g/mol. The summed E-state index contributed by atoms with van der Waals surface area (Å²) in [6.07, 6.45) is 1.52. The number of para-hydroxylation sites is 1. The van der Waals surface area contributed by atoms with Crippen molar-refractivity contribution in [1.29, 1.82) is 0 Å². The van der Waals surface area contributed by atoms with E-state index in [2.05, 4.69) is 10.1 Å². The lowest BCUT2D eigenvalue weighted by molar-refractivity contribution is 0.775. The maximum absolute atomic E-state index is 5.80. The molecular formula is C9H10N4. The molecule has 0 aliphatic carbocycles. The Morgan fingerprint density at radius 3 is 2.69 bits per heavy atom. The third kappa shape index (κ3) is 1.26. The highest BCUT2D eigenvalue weighted by Gasteiger charge is 2.06. The summed E-state index contributed by atoms with van der Waals surface area (Å²) in [5.41, 5.74) is 7.44. The Morgan fingerprint density at radius 2 is 2.08 bits per heavy atom. The maximum atomic E-state index is 5.80. The Morgan fingerprint density at radius 1 is 1.31 bits per heavy atom. The predicted molar refractivity (Wildman–Crippen MR) is 50.9 cm³/mol. The van der Waals surface area contributed by atoms with Crippen molar-refractivity contribution in [1.82, 2.24) is 14.8 Å². The average Bonchev–Trinajstić information content (AvgIpc) is 2.52. The van der Waals surface area contributed by atoms with Gasteiger partial charge in [-0.3, -0.25) is 0 Å². The van der Waals surface area contributed by atoms with Crippen LogP contribution in [0.1, 0.15) is 0 Å². The third-order valence-corrected chi connectivity index (χ3v) is 1.91. The average molecular weight is 174 g/mol. The molecule has 0 spiro atoms. The van der Waals surface area contributed by atoms with Crippen molar-refractivity contribution in [2.75, 3.05) is 5.73 Å². The molecule has 1 aromatic carbocycles. The quantitative estimate of drug-likeness (QED) is 0.658. The normalized spacial score (nSPS) is 10.2. The molecule has 1 heterocycles. The van der Waals surface area contributed by atoms with Gasteiger partial charge in [0.05, 0.1) is 0 Å². The van der Waals surface area contributed by atoms with E-state index in [-0.39, 0.29) is 0 Å². The largest absolute Gasteiger partial charge is 0.398 e. The SMILES string of the molecule is Cn1ncnc1-c1ccccc1N. The first-order chi connectivity index (χ1) is 6.29. The van der Waals surface area contributed by atoms with E-state index in [0.717, 1.165) is 17.1 Å². The minimum atomic E-state index is 0.721. The molecule has 66 valence electrons. The van der Waals surface area contributed by atoms with Crippen LogP contribution in [0.25, 0.3) is 11.4 Å². The Balaban J connectivity index is 2.59. The van der Waals surface area contributed by atoms with Crippen molar-refractivity contribution < 1.29 is 0 Å². The maximum Gasteiger partial charge on any atom is 0.159 e. The molecule has 0 fully saturated rings. The number of aryl methyl sites for hydroxylation is 1. The van der Waals surface area contributed by atoms with E-state index < -0.39 is 0 Å². The standard InChI is InChI=1S/C9H10N4/c1-13-9(11-6-12-13)7-4-2-3-5-8(7)10/h2-6H,10H2,1H3. The van der Waals surface area contributed by atoms with Crippen LogP contribution in [0.4, 0.5) is 5.69 Å². The zero-order valence-corrected chi connectivity index (χ0v) is 7.31. The molecule has 0 unspecified atom stereocenters. The van der Waals surface area contributed by atoms with Gasteiger partial charge in [-0.1, -0.05) is 12.1 Å². The Labute approximate surface area is 76.0 Å². The molecule has 1 aromatic heterocycles. The number of rotatable bonds is 1. The highest BCUT2D eigenvalue weighted by Crippen LogP contribution is 2.21. The number of benzene rings is 1. The van der Waals surface area contributed by atoms with Gasteiger partial charge in [0.25, 0.3) is 0 Å². The van der Waals surface area contributed by atoms with Crippen molar-refractivity contribution in [3.8, 4) is 11.4 Å². The van der Waals surface area contributed by atoms with Crippen LogP contribution < -0.4 is 5.73 Å². The number of anilines is 1. The summed E-state index contributed by atoms with van der Waals surface area (Å²) in [7, 11) is 1.84. The van der Waals surface area contributed by atoms with Crippen LogP contribution in [0.15, 0.2) is 30.6 Å². The second kappa shape index (κ2) is 2.90. The molecule has 0 amide bonds. The fourth-order valence-electron chi connectivity index (χ4n) is 1.24. The fraction of sp³-hybridized carbons (Fsp3) is 0.111. The van der Waals surface area contributed by atoms with Crippen LogP contribution in [0.5, 0.6) is 0 Å². The van der Waals surface area contributed by atoms with E-state index in [1.54, 1.807) is 4.68 Å². The van der Waals surface area contributed by atoms with Crippen LogP contribution in [0.3, 0.4) is 0 Å². The number of aromatic nitrogens is 3. The Hall–Kier alpha value is -1.84. The molecule has 0 atom stereocenters. The first-order valence-corrected chi connectivity index (χ1v) is 3.98. The summed E-state index contributed by atoms with van der Waals surface area (Å²) >= 11 is 0. The highest BCUT2D eigenvalue weighted by molar-refractivity contribution is 5.71. The molecule has 0 aliphatic heterocycles. The van der Waals surface area contributed by atoms with Crippen LogP contribution in [-0.2, 0) is 7.05 Å². The lowest BCUT2D eigenvalue weighted by atomic mass is 10.2. The van der Waals surface area contributed by atoms with Gasteiger partial charge in [-0.15, -0.1) is 0 Å². The molecule has 2 aromatic rings. The third-order valence-electron chi connectivity index (χ3n) is 1.91. The molecular weight excluding hydrogens is 164 g/mol.